The summed E-state index contributed by atoms with van der Waals surface area (Å²) in [7, 11) is 0. The monoisotopic (exact) mass is 277 g/mol. The number of hydrogen-bond donors (Lipinski definition) is 3. The van der Waals surface area contributed by atoms with Gasteiger partial charge in [0.2, 0.25) is 0 Å². The Kier molecular flexibility index (Phi) is 4.57. The van der Waals surface area contributed by atoms with Crippen molar-refractivity contribution in [1.29, 1.82) is 0 Å². The number of primary amides is 1. The molecule has 4 N–H and O–H groups in total. The number of ether oxygens (including phenoxy) is 1. The largest absolute Gasteiger partial charge is 0.484 e. The van der Waals surface area contributed by atoms with Crippen LogP contribution in [-0.4, -0.2) is 25.1 Å². The molecule has 0 radical (unpaired) electrons. The van der Waals surface area contributed by atoms with Crippen molar-refractivity contribution in [2.24, 2.45) is 5.73 Å². The highest BCUT2D eigenvalue weighted by atomic mass is 16.5. The molecule has 2 rings (SSSR count). The van der Waals surface area contributed by atoms with E-state index in [1.807, 2.05) is 23.5 Å². The number of hydrogen-bond acceptors (Lipinski definition) is 4. The molecule has 0 aromatic heterocycles. The Balaban J connectivity index is 1.95. The van der Waals surface area contributed by atoms with E-state index in [1.165, 1.54) is 11.1 Å². The van der Waals surface area contributed by atoms with Gasteiger partial charge in [-0.2, -0.15) is 0 Å². The van der Waals surface area contributed by atoms with Crippen LogP contribution in [0.15, 0.2) is 18.2 Å². The molecule has 1 unspecified atom stereocenters. The van der Waals surface area contributed by atoms with Crippen molar-refractivity contribution < 1.29 is 14.3 Å². The fourth-order valence-corrected chi connectivity index (χ4v) is 2.46. The number of aryl methyl sites for hydroxylation is 1. The highest BCUT2D eigenvalue weighted by Gasteiger charge is 2.21. The molecule has 1 aromatic carbocycles. The fourth-order valence-electron chi connectivity index (χ4n) is 2.46. The number of urea groups is 1. The van der Waals surface area contributed by atoms with E-state index in [9.17, 15) is 9.59 Å². The third-order valence-corrected chi connectivity index (χ3v) is 3.28. The van der Waals surface area contributed by atoms with Crippen LogP contribution in [-0.2, 0) is 11.2 Å². The predicted molar refractivity (Wildman–Crippen MR) is 74.4 cm³/mol. The van der Waals surface area contributed by atoms with Crippen LogP contribution in [0.3, 0.4) is 0 Å². The van der Waals surface area contributed by atoms with E-state index in [0.717, 1.165) is 19.4 Å². The summed E-state index contributed by atoms with van der Waals surface area (Å²) in [5.41, 5.74) is 7.38. The summed E-state index contributed by atoms with van der Waals surface area (Å²) < 4.78 is 5.35. The first-order valence-electron chi connectivity index (χ1n) is 6.68. The molecule has 0 aliphatic heterocycles. The summed E-state index contributed by atoms with van der Waals surface area (Å²) in [5.74, 6) is 0.0732. The van der Waals surface area contributed by atoms with Crippen LogP contribution in [0.2, 0.25) is 0 Å². The Labute approximate surface area is 117 Å². The highest BCUT2D eigenvalue weighted by Crippen LogP contribution is 2.33. The fraction of sp³-hybridized carbons (Fsp3) is 0.429. The standard InChI is InChI=1S/C14H19N3O3/c1-2-16-12-6-3-9-7-10(4-5-11(9)12)20-8-13(18)17-14(15)19/h4-5,7,12,16H,2-3,6,8H2,1H3,(H3,15,17,18,19). The van der Waals surface area contributed by atoms with Gasteiger partial charge in [0, 0.05) is 6.04 Å². The van der Waals surface area contributed by atoms with E-state index >= 15 is 0 Å². The Morgan fingerprint density at radius 1 is 1.45 bits per heavy atom. The molecule has 6 nitrogen and oxygen atoms in total. The zero-order valence-electron chi connectivity index (χ0n) is 11.4. The lowest BCUT2D eigenvalue weighted by molar-refractivity contribution is -0.121. The molecular formula is C14H19N3O3. The lowest BCUT2D eigenvalue weighted by atomic mass is 10.1. The van der Waals surface area contributed by atoms with Crippen molar-refractivity contribution >= 4 is 11.9 Å². The Bertz CT molecular complexity index is 516. The third kappa shape index (κ3) is 3.48. The summed E-state index contributed by atoms with van der Waals surface area (Å²) in [6.07, 6.45) is 2.08. The number of imide groups is 1. The normalized spacial score (nSPS) is 16.6. The van der Waals surface area contributed by atoms with Gasteiger partial charge in [-0.1, -0.05) is 13.0 Å². The number of carbonyl (C=O) groups is 2. The quantitative estimate of drug-likeness (QED) is 0.744. The van der Waals surface area contributed by atoms with Gasteiger partial charge in [0.1, 0.15) is 5.75 Å². The average molecular weight is 277 g/mol. The molecule has 1 aliphatic carbocycles. The second-order valence-electron chi connectivity index (χ2n) is 4.71. The Hall–Kier alpha value is -2.08. The molecule has 1 aromatic rings. The summed E-state index contributed by atoms with van der Waals surface area (Å²) in [6, 6.07) is 5.34. The van der Waals surface area contributed by atoms with Crippen LogP contribution in [0.5, 0.6) is 5.75 Å². The number of benzene rings is 1. The van der Waals surface area contributed by atoms with E-state index in [1.54, 1.807) is 0 Å². The molecule has 0 fully saturated rings. The minimum Gasteiger partial charge on any atom is -0.484 e. The molecule has 1 atom stereocenters. The molecule has 20 heavy (non-hydrogen) atoms. The Morgan fingerprint density at radius 3 is 2.95 bits per heavy atom. The van der Waals surface area contributed by atoms with Crippen molar-refractivity contribution in [3.8, 4) is 5.75 Å². The van der Waals surface area contributed by atoms with Crippen LogP contribution >= 0.6 is 0 Å². The second kappa shape index (κ2) is 6.38. The van der Waals surface area contributed by atoms with Gasteiger partial charge < -0.3 is 15.8 Å². The maximum absolute atomic E-state index is 11.3. The van der Waals surface area contributed by atoms with Gasteiger partial charge in [-0.25, -0.2) is 4.79 Å². The first-order chi connectivity index (χ1) is 9.60. The first-order valence-corrected chi connectivity index (χ1v) is 6.68. The van der Waals surface area contributed by atoms with Crippen molar-refractivity contribution in [2.75, 3.05) is 13.2 Å². The number of rotatable bonds is 5. The highest BCUT2D eigenvalue weighted by molar-refractivity contribution is 5.94. The lowest BCUT2D eigenvalue weighted by Crippen LogP contribution is -2.38. The van der Waals surface area contributed by atoms with E-state index in [-0.39, 0.29) is 6.61 Å². The minimum atomic E-state index is -0.874. The van der Waals surface area contributed by atoms with Gasteiger partial charge in [-0.05, 0) is 42.6 Å². The first kappa shape index (κ1) is 14.3. The van der Waals surface area contributed by atoms with Crippen molar-refractivity contribution in [2.45, 2.75) is 25.8 Å². The van der Waals surface area contributed by atoms with Crippen LogP contribution in [0.4, 0.5) is 4.79 Å². The van der Waals surface area contributed by atoms with Crippen LogP contribution in [0, 0.1) is 0 Å². The van der Waals surface area contributed by atoms with E-state index in [4.69, 9.17) is 10.5 Å². The smallest absolute Gasteiger partial charge is 0.318 e. The molecule has 0 bridgehead atoms. The summed E-state index contributed by atoms with van der Waals surface area (Å²) in [4.78, 5) is 21.8. The Morgan fingerprint density at radius 2 is 2.25 bits per heavy atom. The molecule has 0 saturated heterocycles. The van der Waals surface area contributed by atoms with Crippen LogP contribution < -0.4 is 21.1 Å². The summed E-state index contributed by atoms with van der Waals surface area (Å²) in [6.45, 7) is 2.81. The number of nitrogens with two attached hydrogens (primary N) is 1. The van der Waals surface area contributed by atoms with E-state index in [0.29, 0.717) is 11.8 Å². The average Bonchev–Trinajstić information content (AvgIpc) is 2.79. The van der Waals surface area contributed by atoms with Crippen LogP contribution in [0.1, 0.15) is 30.5 Å². The molecule has 0 spiro atoms. The molecule has 3 amide bonds. The zero-order valence-corrected chi connectivity index (χ0v) is 11.4. The van der Waals surface area contributed by atoms with Gasteiger partial charge in [0.05, 0.1) is 0 Å². The zero-order chi connectivity index (χ0) is 14.5. The molecule has 6 heteroatoms. The van der Waals surface area contributed by atoms with Crippen LogP contribution in [0.25, 0.3) is 0 Å². The maximum atomic E-state index is 11.3. The van der Waals surface area contributed by atoms with E-state index in [2.05, 4.69) is 12.2 Å². The van der Waals surface area contributed by atoms with Crippen molar-refractivity contribution in [1.82, 2.24) is 10.6 Å². The summed E-state index contributed by atoms with van der Waals surface area (Å²) in [5, 5.41) is 5.39. The number of carbonyl (C=O) groups excluding carboxylic acids is 2. The number of fused-ring (bicyclic) bond motifs is 1. The van der Waals surface area contributed by atoms with Gasteiger partial charge in [-0.15, -0.1) is 0 Å². The number of amides is 3. The SMILES string of the molecule is CCNC1CCc2cc(OCC(=O)NC(N)=O)ccc21. The third-order valence-electron chi connectivity index (χ3n) is 3.28. The lowest BCUT2D eigenvalue weighted by Gasteiger charge is -2.13. The number of nitrogens with one attached hydrogen (secondary N) is 2. The molecule has 108 valence electrons. The van der Waals surface area contributed by atoms with Gasteiger partial charge in [-0.3, -0.25) is 10.1 Å². The predicted octanol–water partition coefficient (Wildman–Crippen LogP) is 0.857. The van der Waals surface area contributed by atoms with Gasteiger partial charge in [0.25, 0.3) is 5.91 Å². The van der Waals surface area contributed by atoms with Crippen molar-refractivity contribution in [3.05, 3.63) is 29.3 Å². The van der Waals surface area contributed by atoms with Gasteiger partial charge >= 0.3 is 6.03 Å². The minimum absolute atomic E-state index is 0.224. The van der Waals surface area contributed by atoms with Gasteiger partial charge in [0.15, 0.2) is 6.61 Å². The second-order valence-corrected chi connectivity index (χ2v) is 4.71. The maximum Gasteiger partial charge on any atom is 0.318 e. The van der Waals surface area contributed by atoms with E-state index < -0.39 is 11.9 Å². The topological polar surface area (TPSA) is 93.4 Å². The molecule has 0 heterocycles. The molecular weight excluding hydrogens is 258 g/mol. The van der Waals surface area contributed by atoms with Crippen molar-refractivity contribution in [3.63, 3.8) is 0 Å². The molecule has 1 aliphatic rings. The summed E-state index contributed by atoms with van der Waals surface area (Å²) >= 11 is 0. The molecule has 0 saturated carbocycles.